The summed E-state index contributed by atoms with van der Waals surface area (Å²) in [5, 5.41) is 2.95. The van der Waals surface area contributed by atoms with E-state index < -0.39 is 5.54 Å². The molecule has 1 aliphatic carbocycles. The van der Waals surface area contributed by atoms with Crippen LogP contribution in [0.2, 0.25) is 0 Å². The molecule has 2 rings (SSSR count). The summed E-state index contributed by atoms with van der Waals surface area (Å²) in [5.74, 6) is 1.97. The molecule has 0 radical (unpaired) electrons. The van der Waals surface area contributed by atoms with Gasteiger partial charge < -0.3 is 20.5 Å². The Kier molecular flexibility index (Phi) is 8.53. The molecule has 1 aliphatic rings. The molecule has 0 unspecified atom stereocenters. The number of carbonyl (C=O) groups is 1. The molecule has 3 N–H and O–H groups in total. The molecule has 5 nitrogen and oxygen atoms in total. The highest BCUT2D eigenvalue weighted by Gasteiger charge is 2.36. The summed E-state index contributed by atoms with van der Waals surface area (Å²) >= 11 is 0. The first-order valence-electron chi connectivity index (χ1n) is 8.81. The number of nitrogens with one attached hydrogen (secondary N) is 1. The summed E-state index contributed by atoms with van der Waals surface area (Å²) in [6.45, 7) is 5.45. The zero-order chi connectivity index (χ0) is 17.6. The fraction of sp³-hybridized carbons (Fsp3) is 0.632. The Morgan fingerprint density at radius 2 is 1.96 bits per heavy atom. The number of ether oxygens (including phenoxy) is 2. The van der Waals surface area contributed by atoms with Crippen molar-refractivity contribution in [1.82, 2.24) is 5.32 Å². The van der Waals surface area contributed by atoms with Gasteiger partial charge in [-0.1, -0.05) is 32.8 Å². The quantitative estimate of drug-likeness (QED) is 0.735. The van der Waals surface area contributed by atoms with Gasteiger partial charge in [-0.2, -0.15) is 0 Å². The number of hydrogen-bond donors (Lipinski definition) is 2. The van der Waals surface area contributed by atoms with Crippen LogP contribution < -0.4 is 20.5 Å². The van der Waals surface area contributed by atoms with Crippen molar-refractivity contribution in [3.63, 3.8) is 0 Å². The van der Waals surface area contributed by atoms with E-state index in [9.17, 15) is 4.79 Å². The van der Waals surface area contributed by atoms with Crippen molar-refractivity contribution in [1.29, 1.82) is 0 Å². The topological polar surface area (TPSA) is 73.6 Å². The number of methoxy groups -OCH3 is 1. The lowest BCUT2D eigenvalue weighted by atomic mass is 9.98. The van der Waals surface area contributed by atoms with E-state index in [1.165, 1.54) is 0 Å². The lowest BCUT2D eigenvalue weighted by Gasteiger charge is -2.22. The zero-order valence-corrected chi connectivity index (χ0v) is 16.3. The van der Waals surface area contributed by atoms with Crippen LogP contribution in [-0.2, 0) is 11.3 Å². The van der Waals surface area contributed by atoms with E-state index in [1.54, 1.807) is 7.11 Å². The number of carbonyl (C=O) groups excluding carboxylic acids is 1. The molecule has 1 aromatic rings. The van der Waals surface area contributed by atoms with Crippen LogP contribution in [0.1, 0.15) is 51.5 Å². The summed E-state index contributed by atoms with van der Waals surface area (Å²) in [5.41, 5.74) is 6.45. The fourth-order valence-corrected chi connectivity index (χ4v) is 2.94. The van der Waals surface area contributed by atoms with Gasteiger partial charge in [0.2, 0.25) is 5.91 Å². The summed E-state index contributed by atoms with van der Waals surface area (Å²) in [6, 6.07) is 5.75. The van der Waals surface area contributed by atoms with Crippen molar-refractivity contribution in [2.24, 2.45) is 11.7 Å². The second-order valence-corrected chi connectivity index (χ2v) is 7.06. The minimum atomic E-state index is -0.690. The Hall–Kier alpha value is -1.46. The molecule has 142 valence electrons. The van der Waals surface area contributed by atoms with Crippen molar-refractivity contribution in [3.8, 4) is 11.5 Å². The van der Waals surface area contributed by atoms with Gasteiger partial charge in [0.1, 0.15) is 0 Å². The molecule has 0 bridgehead atoms. The van der Waals surface area contributed by atoms with E-state index in [2.05, 4.69) is 19.2 Å². The van der Waals surface area contributed by atoms with Gasteiger partial charge in [-0.3, -0.25) is 4.79 Å². The maximum atomic E-state index is 12.3. The summed E-state index contributed by atoms with van der Waals surface area (Å²) in [7, 11) is 1.63. The van der Waals surface area contributed by atoms with Gasteiger partial charge in [0.25, 0.3) is 0 Å². The molecule has 0 spiro atoms. The highest BCUT2D eigenvalue weighted by molar-refractivity contribution is 5.86. The van der Waals surface area contributed by atoms with E-state index in [-0.39, 0.29) is 18.3 Å². The molecule has 0 atom stereocenters. The summed E-state index contributed by atoms with van der Waals surface area (Å²) < 4.78 is 11.2. The van der Waals surface area contributed by atoms with Crippen LogP contribution in [0.15, 0.2) is 18.2 Å². The standard InChI is InChI=1S/C19H30N2O3.ClH/c1-14(2)8-11-24-16-7-6-15(12-17(16)23-3)13-21-18(22)19(20)9-4-5-10-19;/h6-7,12,14H,4-5,8-11,13,20H2,1-3H3,(H,21,22);1H. The van der Waals surface area contributed by atoms with Crippen LogP contribution in [0.25, 0.3) is 0 Å². The van der Waals surface area contributed by atoms with Gasteiger partial charge in [0.05, 0.1) is 19.3 Å². The number of amides is 1. The van der Waals surface area contributed by atoms with Crippen molar-refractivity contribution < 1.29 is 14.3 Å². The largest absolute Gasteiger partial charge is 0.493 e. The first-order valence-corrected chi connectivity index (χ1v) is 8.81. The average molecular weight is 371 g/mol. The normalized spacial score (nSPS) is 15.6. The van der Waals surface area contributed by atoms with Crippen LogP contribution in [0, 0.1) is 5.92 Å². The third kappa shape index (κ3) is 6.08. The summed E-state index contributed by atoms with van der Waals surface area (Å²) in [6.07, 6.45) is 4.59. The molecular weight excluding hydrogens is 340 g/mol. The van der Waals surface area contributed by atoms with Crippen LogP contribution in [0.5, 0.6) is 11.5 Å². The Morgan fingerprint density at radius 1 is 1.28 bits per heavy atom. The van der Waals surface area contributed by atoms with E-state index in [0.717, 1.165) is 43.4 Å². The number of nitrogens with two attached hydrogens (primary N) is 1. The van der Waals surface area contributed by atoms with Gasteiger partial charge in [-0.15, -0.1) is 12.4 Å². The van der Waals surface area contributed by atoms with Gasteiger partial charge in [0, 0.05) is 6.54 Å². The SMILES string of the molecule is COc1cc(CNC(=O)C2(N)CCCC2)ccc1OCCC(C)C.Cl. The molecule has 0 saturated heterocycles. The van der Waals surface area contributed by atoms with Crippen LogP contribution in [0.4, 0.5) is 0 Å². The van der Waals surface area contributed by atoms with Crippen LogP contribution in [-0.4, -0.2) is 25.2 Å². The molecule has 1 fully saturated rings. The van der Waals surface area contributed by atoms with Gasteiger partial charge in [0.15, 0.2) is 11.5 Å². The van der Waals surface area contributed by atoms with Gasteiger partial charge >= 0.3 is 0 Å². The number of benzene rings is 1. The lowest BCUT2D eigenvalue weighted by Crippen LogP contribution is -2.51. The molecule has 6 heteroatoms. The van der Waals surface area contributed by atoms with Crippen molar-refractivity contribution in [3.05, 3.63) is 23.8 Å². The Labute approximate surface area is 157 Å². The third-order valence-corrected chi connectivity index (χ3v) is 4.58. The van der Waals surface area contributed by atoms with Crippen LogP contribution >= 0.6 is 12.4 Å². The van der Waals surface area contributed by atoms with Gasteiger partial charge in [-0.25, -0.2) is 0 Å². The van der Waals surface area contributed by atoms with E-state index in [0.29, 0.717) is 24.8 Å². The molecule has 0 heterocycles. The molecule has 1 amide bonds. The predicted octanol–water partition coefficient (Wildman–Crippen LogP) is 3.43. The average Bonchev–Trinajstić information content (AvgIpc) is 3.01. The van der Waals surface area contributed by atoms with E-state index >= 15 is 0 Å². The Balaban J connectivity index is 0.00000312. The van der Waals surface area contributed by atoms with Gasteiger partial charge in [-0.05, 0) is 42.9 Å². The number of halogens is 1. The lowest BCUT2D eigenvalue weighted by molar-refractivity contribution is -0.126. The Bertz CT molecular complexity index is 558. The minimum Gasteiger partial charge on any atom is -0.493 e. The van der Waals surface area contributed by atoms with E-state index in [4.69, 9.17) is 15.2 Å². The smallest absolute Gasteiger partial charge is 0.240 e. The molecule has 1 aromatic carbocycles. The molecule has 0 aliphatic heterocycles. The van der Waals surface area contributed by atoms with Crippen molar-refractivity contribution in [2.45, 2.75) is 58.0 Å². The molecular formula is C19H31ClN2O3. The number of hydrogen-bond acceptors (Lipinski definition) is 4. The second kappa shape index (κ2) is 9.88. The van der Waals surface area contributed by atoms with Crippen LogP contribution in [0.3, 0.4) is 0 Å². The highest BCUT2D eigenvalue weighted by atomic mass is 35.5. The van der Waals surface area contributed by atoms with Crippen molar-refractivity contribution in [2.75, 3.05) is 13.7 Å². The predicted molar refractivity (Wildman–Crippen MR) is 102 cm³/mol. The maximum Gasteiger partial charge on any atom is 0.240 e. The first kappa shape index (κ1) is 21.6. The third-order valence-electron chi connectivity index (χ3n) is 4.58. The molecule has 25 heavy (non-hydrogen) atoms. The maximum absolute atomic E-state index is 12.3. The monoisotopic (exact) mass is 370 g/mol. The molecule has 1 saturated carbocycles. The highest BCUT2D eigenvalue weighted by Crippen LogP contribution is 2.29. The van der Waals surface area contributed by atoms with Crippen molar-refractivity contribution >= 4 is 18.3 Å². The first-order chi connectivity index (χ1) is 11.4. The fourth-order valence-electron chi connectivity index (χ4n) is 2.94. The zero-order valence-electron chi connectivity index (χ0n) is 15.5. The Morgan fingerprint density at radius 3 is 2.56 bits per heavy atom. The molecule has 0 aromatic heterocycles. The minimum absolute atomic E-state index is 0. The van der Waals surface area contributed by atoms with E-state index in [1.807, 2.05) is 18.2 Å². The summed E-state index contributed by atoms with van der Waals surface area (Å²) in [4.78, 5) is 12.3. The second-order valence-electron chi connectivity index (χ2n) is 7.06. The number of rotatable bonds is 8.